The average Bonchev–Trinajstić information content (AvgIpc) is 2.73. The minimum Gasteiger partial charge on any atom is -0.497 e. The van der Waals surface area contributed by atoms with Crippen molar-refractivity contribution in [3.8, 4) is 11.5 Å². The van der Waals surface area contributed by atoms with Gasteiger partial charge < -0.3 is 14.8 Å². The van der Waals surface area contributed by atoms with E-state index in [0.29, 0.717) is 23.8 Å². The number of hydrogen-bond donors (Lipinski definition) is 2. The predicted octanol–water partition coefficient (Wildman–Crippen LogP) is 3.00. The van der Waals surface area contributed by atoms with Gasteiger partial charge in [-0.25, -0.2) is 5.43 Å². The van der Waals surface area contributed by atoms with Crippen LogP contribution in [0, 0.1) is 5.92 Å². The number of carbonyl (C=O) groups excluding carboxylic acids is 2. The average molecular weight is 397 g/mol. The Balaban J connectivity index is 1.81. The maximum Gasteiger partial charge on any atom is 0.262 e. The molecule has 0 saturated heterocycles. The zero-order valence-electron chi connectivity index (χ0n) is 17.1. The molecule has 1 atom stereocenters. The Hall–Kier alpha value is -3.35. The van der Waals surface area contributed by atoms with Gasteiger partial charge in [0.15, 0.2) is 0 Å². The smallest absolute Gasteiger partial charge is 0.262 e. The Kier molecular flexibility index (Phi) is 8.21. The van der Waals surface area contributed by atoms with Crippen LogP contribution in [0.2, 0.25) is 0 Å². The molecule has 7 nitrogen and oxygen atoms in total. The molecule has 29 heavy (non-hydrogen) atoms. The van der Waals surface area contributed by atoms with Crippen LogP contribution in [0.5, 0.6) is 11.5 Å². The molecule has 0 aliphatic rings. The molecule has 2 aromatic rings. The Morgan fingerprint density at radius 1 is 1.00 bits per heavy atom. The van der Waals surface area contributed by atoms with Crippen LogP contribution in [-0.4, -0.2) is 37.8 Å². The van der Waals surface area contributed by atoms with Crippen LogP contribution in [0.15, 0.2) is 53.6 Å². The molecule has 2 amide bonds. The Morgan fingerprint density at radius 3 is 2.21 bits per heavy atom. The van der Waals surface area contributed by atoms with Gasteiger partial charge in [0, 0.05) is 5.56 Å². The number of hydrazone groups is 1. The molecule has 0 aromatic heterocycles. The van der Waals surface area contributed by atoms with Gasteiger partial charge >= 0.3 is 0 Å². The van der Waals surface area contributed by atoms with Crippen molar-refractivity contribution < 1.29 is 19.1 Å². The van der Waals surface area contributed by atoms with Gasteiger partial charge in [-0.1, -0.05) is 13.8 Å². The minimum atomic E-state index is -0.742. The first-order chi connectivity index (χ1) is 13.9. The number of nitrogens with zero attached hydrogens (tertiary/aromatic N) is 1. The molecular formula is C22H27N3O4. The number of hydrogen-bond acceptors (Lipinski definition) is 5. The summed E-state index contributed by atoms with van der Waals surface area (Å²) in [5.41, 5.74) is 3.68. The van der Waals surface area contributed by atoms with Gasteiger partial charge in [0.05, 0.1) is 19.9 Å². The van der Waals surface area contributed by atoms with E-state index >= 15 is 0 Å². The fourth-order valence-electron chi connectivity index (χ4n) is 2.27. The van der Waals surface area contributed by atoms with Gasteiger partial charge in [-0.15, -0.1) is 0 Å². The molecule has 2 rings (SSSR count). The number of benzene rings is 2. The molecule has 0 bridgehead atoms. The SMILES string of the molecule is COc1ccc(C(=O)NC(C)C(=O)NN=Cc2ccc(OCC(C)C)cc2)cc1. The number of amides is 2. The molecular weight excluding hydrogens is 370 g/mol. The summed E-state index contributed by atoms with van der Waals surface area (Å²) in [6, 6.07) is 13.3. The maximum atomic E-state index is 12.2. The van der Waals surface area contributed by atoms with Gasteiger partial charge in [-0.05, 0) is 66.9 Å². The Morgan fingerprint density at radius 2 is 1.62 bits per heavy atom. The van der Waals surface area contributed by atoms with E-state index in [2.05, 4.69) is 29.7 Å². The van der Waals surface area contributed by atoms with Crippen molar-refractivity contribution in [2.24, 2.45) is 11.0 Å². The Bertz CT molecular complexity index is 830. The van der Waals surface area contributed by atoms with Crippen molar-refractivity contribution in [2.45, 2.75) is 26.8 Å². The summed E-state index contributed by atoms with van der Waals surface area (Å²) in [5.74, 6) is 1.13. The van der Waals surface area contributed by atoms with Gasteiger partial charge in [-0.3, -0.25) is 9.59 Å². The molecule has 0 spiro atoms. The molecule has 2 N–H and O–H groups in total. The summed E-state index contributed by atoms with van der Waals surface area (Å²) in [6.07, 6.45) is 1.53. The molecule has 0 saturated carbocycles. The van der Waals surface area contributed by atoms with E-state index < -0.39 is 11.9 Å². The van der Waals surface area contributed by atoms with Crippen molar-refractivity contribution in [3.05, 3.63) is 59.7 Å². The molecule has 0 radical (unpaired) electrons. The van der Waals surface area contributed by atoms with Crippen LogP contribution >= 0.6 is 0 Å². The third kappa shape index (κ3) is 7.29. The molecule has 7 heteroatoms. The summed E-state index contributed by atoms with van der Waals surface area (Å²) < 4.78 is 10.7. The summed E-state index contributed by atoms with van der Waals surface area (Å²) >= 11 is 0. The van der Waals surface area contributed by atoms with E-state index in [1.807, 2.05) is 24.3 Å². The van der Waals surface area contributed by atoms with E-state index in [4.69, 9.17) is 9.47 Å². The third-order valence-electron chi connectivity index (χ3n) is 3.94. The van der Waals surface area contributed by atoms with Crippen molar-refractivity contribution in [2.75, 3.05) is 13.7 Å². The first-order valence-corrected chi connectivity index (χ1v) is 9.39. The monoisotopic (exact) mass is 397 g/mol. The third-order valence-corrected chi connectivity index (χ3v) is 3.94. The summed E-state index contributed by atoms with van der Waals surface area (Å²) in [6.45, 7) is 6.42. The highest BCUT2D eigenvalue weighted by molar-refractivity contribution is 5.97. The van der Waals surface area contributed by atoms with Crippen LogP contribution < -0.4 is 20.2 Å². The zero-order valence-corrected chi connectivity index (χ0v) is 17.1. The first-order valence-electron chi connectivity index (χ1n) is 9.39. The largest absolute Gasteiger partial charge is 0.497 e. The molecule has 154 valence electrons. The number of rotatable bonds is 9. The van der Waals surface area contributed by atoms with E-state index in [1.165, 1.54) is 6.21 Å². The molecule has 2 aromatic carbocycles. The standard InChI is InChI=1S/C22H27N3O4/c1-15(2)14-29-20-9-5-17(6-10-20)13-23-25-21(26)16(3)24-22(27)18-7-11-19(28-4)12-8-18/h5-13,15-16H,14H2,1-4H3,(H,24,27)(H,25,26). The molecule has 0 aliphatic heterocycles. The highest BCUT2D eigenvalue weighted by Gasteiger charge is 2.16. The lowest BCUT2D eigenvalue weighted by atomic mass is 10.2. The van der Waals surface area contributed by atoms with Gasteiger partial charge in [0.2, 0.25) is 0 Å². The van der Waals surface area contributed by atoms with Gasteiger partial charge in [0.1, 0.15) is 17.5 Å². The highest BCUT2D eigenvalue weighted by atomic mass is 16.5. The summed E-state index contributed by atoms with van der Waals surface area (Å²) in [4.78, 5) is 24.3. The molecule has 0 heterocycles. The second kappa shape index (κ2) is 10.8. The second-order valence-corrected chi connectivity index (χ2v) is 6.93. The fraction of sp³-hybridized carbons (Fsp3) is 0.318. The van der Waals surface area contributed by atoms with Crippen LogP contribution in [0.25, 0.3) is 0 Å². The van der Waals surface area contributed by atoms with Gasteiger partial charge in [0.25, 0.3) is 11.8 Å². The highest BCUT2D eigenvalue weighted by Crippen LogP contribution is 2.12. The number of carbonyl (C=O) groups is 2. The quantitative estimate of drug-likeness (QED) is 0.503. The van der Waals surface area contributed by atoms with Gasteiger partial charge in [-0.2, -0.15) is 5.10 Å². The predicted molar refractivity (Wildman–Crippen MR) is 112 cm³/mol. The van der Waals surface area contributed by atoms with Crippen molar-refractivity contribution in [1.29, 1.82) is 0 Å². The summed E-state index contributed by atoms with van der Waals surface area (Å²) in [5, 5.41) is 6.57. The zero-order chi connectivity index (χ0) is 21.2. The van der Waals surface area contributed by atoms with E-state index in [9.17, 15) is 9.59 Å². The van der Waals surface area contributed by atoms with E-state index in [0.717, 1.165) is 11.3 Å². The van der Waals surface area contributed by atoms with Crippen LogP contribution in [0.1, 0.15) is 36.7 Å². The molecule has 1 unspecified atom stereocenters. The normalized spacial score (nSPS) is 11.9. The van der Waals surface area contributed by atoms with Crippen LogP contribution in [0.3, 0.4) is 0 Å². The van der Waals surface area contributed by atoms with Crippen molar-refractivity contribution in [3.63, 3.8) is 0 Å². The molecule has 0 fully saturated rings. The lowest BCUT2D eigenvalue weighted by Gasteiger charge is -2.12. The number of ether oxygens (including phenoxy) is 2. The number of methoxy groups -OCH3 is 1. The topological polar surface area (TPSA) is 89.0 Å². The summed E-state index contributed by atoms with van der Waals surface area (Å²) in [7, 11) is 1.55. The molecule has 0 aliphatic carbocycles. The van der Waals surface area contributed by atoms with Crippen LogP contribution in [0.4, 0.5) is 0 Å². The van der Waals surface area contributed by atoms with Crippen molar-refractivity contribution >= 4 is 18.0 Å². The number of nitrogens with one attached hydrogen (secondary N) is 2. The van der Waals surface area contributed by atoms with E-state index in [-0.39, 0.29) is 5.91 Å². The second-order valence-electron chi connectivity index (χ2n) is 6.93. The van der Waals surface area contributed by atoms with Crippen molar-refractivity contribution in [1.82, 2.24) is 10.7 Å². The lowest BCUT2D eigenvalue weighted by molar-refractivity contribution is -0.122. The Labute approximate surface area is 171 Å². The lowest BCUT2D eigenvalue weighted by Crippen LogP contribution is -2.43. The first kappa shape index (κ1) is 21.9. The van der Waals surface area contributed by atoms with E-state index in [1.54, 1.807) is 38.3 Å². The maximum absolute atomic E-state index is 12.2. The fourth-order valence-corrected chi connectivity index (χ4v) is 2.27. The van der Waals surface area contributed by atoms with Crippen LogP contribution in [-0.2, 0) is 4.79 Å². The minimum absolute atomic E-state index is 0.351.